The maximum absolute atomic E-state index is 11.8. The van der Waals surface area contributed by atoms with Crippen LogP contribution < -0.4 is 5.32 Å². The standard InChI is InChI=1S/C14H20Cl3NO3/c1-2-21-12(19)9-11(18-13(20)14(15,16)17)8-10-6-4-3-5-7-10/h9-10H,2-8H2,1H3,(H,18,20)/b11-9+. The van der Waals surface area contributed by atoms with E-state index in [4.69, 9.17) is 39.5 Å². The first-order valence-electron chi connectivity index (χ1n) is 7.08. The maximum atomic E-state index is 11.8. The van der Waals surface area contributed by atoms with Gasteiger partial charge in [-0.05, 0) is 19.3 Å². The highest BCUT2D eigenvalue weighted by atomic mass is 35.6. The van der Waals surface area contributed by atoms with Crippen LogP contribution in [0.5, 0.6) is 0 Å². The molecule has 1 aliphatic carbocycles. The van der Waals surface area contributed by atoms with Gasteiger partial charge < -0.3 is 10.1 Å². The highest BCUT2D eigenvalue weighted by Crippen LogP contribution is 2.30. The van der Waals surface area contributed by atoms with E-state index in [1.54, 1.807) is 6.92 Å². The zero-order valence-electron chi connectivity index (χ0n) is 12.0. The van der Waals surface area contributed by atoms with Crippen molar-refractivity contribution < 1.29 is 14.3 Å². The van der Waals surface area contributed by atoms with Gasteiger partial charge in [0.25, 0.3) is 9.70 Å². The van der Waals surface area contributed by atoms with Gasteiger partial charge in [0.15, 0.2) is 0 Å². The Morgan fingerprint density at radius 2 is 1.86 bits per heavy atom. The number of allylic oxidation sites excluding steroid dienone is 1. The summed E-state index contributed by atoms with van der Waals surface area (Å²) in [6.07, 6.45) is 7.55. The number of esters is 1. The molecule has 0 aromatic heterocycles. The van der Waals surface area contributed by atoms with Crippen molar-refractivity contribution in [3.05, 3.63) is 11.8 Å². The molecule has 4 nitrogen and oxygen atoms in total. The van der Waals surface area contributed by atoms with Gasteiger partial charge in [0.2, 0.25) is 0 Å². The lowest BCUT2D eigenvalue weighted by molar-refractivity contribution is -0.137. The summed E-state index contributed by atoms with van der Waals surface area (Å²) < 4.78 is 2.81. The zero-order chi connectivity index (χ0) is 15.9. The molecule has 0 heterocycles. The lowest BCUT2D eigenvalue weighted by Crippen LogP contribution is -2.35. The molecule has 0 unspecified atom stereocenters. The third-order valence-electron chi connectivity index (χ3n) is 3.34. The minimum atomic E-state index is -2.06. The van der Waals surface area contributed by atoms with E-state index in [1.807, 2.05) is 0 Å². The van der Waals surface area contributed by atoms with Crippen LogP contribution in [0.25, 0.3) is 0 Å². The average molecular weight is 357 g/mol. The average Bonchev–Trinajstić information content (AvgIpc) is 2.38. The highest BCUT2D eigenvalue weighted by Gasteiger charge is 2.31. The molecule has 0 aromatic rings. The summed E-state index contributed by atoms with van der Waals surface area (Å²) in [5, 5.41) is 2.52. The molecule has 0 aromatic carbocycles. The Balaban J connectivity index is 2.73. The van der Waals surface area contributed by atoms with E-state index in [1.165, 1.54) is 12.5 Å². The Hall–Kier alpha value is -0.450. The quantitative estimate of drug-likeness (QED) is 0.462. The normalized spacial score (nSPS) is 17.4. The number of alkyl halides is 3. The highest BCUT2D eigenvalue weighted by molar-refractivity contribution is 6.76. The van der Waals surface area contributed by atoms with Gasteiger partial charge >= 0.3 is 5.97 Å². The molecule has 0 radical (unpaired) electrons. The molecule has 1 rings (SSSR count). The first kappa shape index (κ1) is 18.6. The van der Waals surface area contributed by atoms with Crippen LogP contribution in [0, 0.1) is 5.92 Å². The second kappa shape index (κ2) is 8.86. The van der Waals surface area contributed by atoms with E-state index in [0.717, 1.165) is 25.7 Å². The summed E-state index contributed by atoms with van der Waals surface area (Å²) in [6.45, 7) is 1.98. The third kappa shape index (κ3) is 7.39. The van der Waals surface area contributed by atoms with Crippen molar-refractivity contribution in [2.75, 3.05) is 6.61 Å². The SMILES string of the molecule is CCOC(=O)/C=C(\CC1CCCCC1)NC(=O)C(Cl)(Cl)Cl. The van der Waals surface area contributed by atoms with Crippen LogP contribution in [-0.2, 0) is 14.3 Å². The first-order chi connectivity index (χ1) is 9.82. The fourth-order valence-electron chi connectivity index (χ4n) is 2.39. The van der Waals surface area contributed by atoms with Crippen molar-refractivity contribution in [2.45, 2.75) is 49.2 Å². The van der Waals surface area contributed by atoms with E-state index >= 15 is 0 Å². The predicted octanol–water partition coefficient (Wildman–Crippen LogP) is 3.89. The fraction of sp³-hybridized carbons (Fsp3) is 0.714. The monoisotopic (exact) mass is 355 g/mol. The molecule has 1 fully saturated rings. The van der Waals surface area contributed by atoms with Crippen molar-refractivity contribution in [3.63, 3.8) is 0 Å². The number of amides is 1. The molecule has 1 amide bonds. The van der Waals surface area contributed by atoms with Crippen molar-refractivity contribution >= 4 is 46.7 Å². The molecular formula is C14H20Cl3NO3. The van der Waals surface area contributed by atoms with Gasteiger partial charge in [-0.25, -0.2) is 4.79 Å². The molecule has 0 spiro atoms. The van der Waals surface area contributed by atoms with Crippen LogP contribution in [0.4, 0.5) is 0 Å². The zero-order valence-corrected chi connectivity index (χ0v) is 14.2. The molecule has 7 heteroatoms. The van der Waals surface area contributed by atoms with Gasteiger partial charge in [0, 0.05) is 11.8 Å². The summed E-state index contributed by atoms with van der Waals surface area (Å²) in [4.78, 5) is 23.3. The largest absolute Gasteiger partial charge is 0.463 e. The van der Waals surface area contributed by atoms with Crippen LogP contribution in [0.1, 0.15) is 45.4 Å². The van der Waals surface area contributed by atoms with Crippen molar-refractivity contribution in [1.29, 1.82) is 0 Å². The number of hydrogen-bond acceptors (Lipinski definition) is 3. The van der Waals surface area contributed by atoms with Crippen LogP contribution in [0.2, 0.25) is 0 Å². The van der Waals surface area contributed by atoms with Crippen molar-refractivity contribution in [2.24, 2.45) is 5.92 Å². The van der Waals surface area contributed by atoms with Gasteiger partial charge in [0.05, 0.1) is 6.61 Å². The van der Waals surface area contributed by atoms with E-state index < -0.39 is 15.7 Å². The molecule has 0 aliphatic heterocycles. The van der Waals surface area contributed by atoms with Crippen molar-refractivity contribution in [3.8, 4) is 0 Å². The Labute approximate surface area is 140 Å². The van der Waals surface area contributed by atoms with Crippen LogP contribution in [0.15, 0.2) is 11.8 Å². The number of hydrogen-bond donors (Lipinski definition) is 1. The first-order valence-corrected chi connectivity index (χ1v) is 8.21. The topological polar surface area (TPSA) is 55.4 Å². The van der Waals surface area contributed by atoms with Crippen LogP contribution in [0.3, 0.4) is 0 Å². The van der Waals surface area contributed by atoms with E-state index in [2.05, 4.69) is 5.32 Å². The lowest BCUT2D eigenvalue weighted by Gasteiger charge is -2.23. The Bertz CT molecular complexity index is 399. The number of ether oxygens (including phenoxy) is 1. The molecule has 21 heavy (non-hydrogen) atoms. The molecule has 0 saturated heterocycles. The molecule has 120 valence electrons. The summed E-state index contributed by atoms with van der Waals surface area (Å²) >= 11 is 16.6. The Kier molecular flexibility index (Phi) is 7.85. The van der Waals surface area contributed by atoms with Gasteiger partial charge in [-0.1, -0.05) is 66.9 Å². The molecule has 1 saturated carbocycles. The molecule has 1 aliphatic rings. The molecule has 0 atom stereocenters. The van der Waals surface area contributed by atoms with E-state index in [0.29, 0.717) is 18.0 Å². The van der Waals surface area contributed by atoms with Crippen LogP contribution in [-0.4, -0.2) is 22.3 Å². The Morgan fingerprint density at radius 3 is 2.38 bits per heavy atom. The van der Waals surface area contributed by atoms with Crippen LogP contribution >= 0.6 is 34.8 Å². The second-order valence-corrected chi connectivity index (χ2v) is 7.36. The summed E-state index contributed by atoms with van der Waals surface area (Å²) in [5.74, 6) is -0.845. The molecule has 1 N–H and O–H groups in total. The second-order valence-electron chi connectivity index (χ2n) is 5.08. The van der Waals surface area contributed by atoms with Gasteiger partial charge in [0.1, 0.15) is 0 Å². The lowest BCUT2D eigenvalue weighted by atomic mass is 9.86. The minimum Gasteiger partial charge on any atom is -0.463 e. The van der Waals surface area contributed by atoms with E-state index in [9.17, 15) is 9.59 Å². The van der Waals surface area contributed by atoms with E-state index in [-0.39, 0.29) is 6.61 Å². The summed E-state index contributed by atoms with van der Waals surface area (Å²) in [5.41, 5.74) is 0.441. The van der Waals surface area contributed by atoms with Gasteiger partial charge in [-0.2, -0.15) is 0 Å². The Morgan fingerprint density at radius 1 is 1.24 bits per heavy atom. The molecular weight excluding hydrogens is 337 g/mol. The number of halogens is 3. The minimum absolute atomic E-state index is 0.268. The third-order valence-corrected chi connectivity index (χ3v) is 3.86. The summed E-state index contributed by atoms with van der Waals surface area (Å²) in [6, 6.07) is 0. The smallest absolute Gasteiger partial charge is 0.332 e. The summed E-state index contributed by atoms with van der Waals surface area (Å²) in [7, 11) is 0. The number of rotatable bonds is 5. The maximum Gasteiger partial charge on any atom is 0.332 e. The van der Waals surface area contributed by atoms with Gasteiger partial charge in [-0.3, -0.25) is 4.79 Å². The number of carbonyl (C=O) groups excluding carboxylic acids is 2. The van der Waals surface area contributed by atoms with Crippen molar-refractivity contribution in [1.82, 2.24) is 5.32 Å². The molecule has 0 bridgehead atoms. The fourth-order valence-corrected chi connectivity index (χ4v) is 2.53. The number of carbonyl (C=O) groups is 2. The number of nitrogens with one attached hydrogen (secondary N) is 1. The predicted molar refractivity (Wildman–Crippen MR) is 84.3 cm³/mol. The van der Waals surface area contributed by atoms with Gasteiger partial charge in [-0.15, -0.1) is 0 Å².